The fourth-order valence-corrected chi connectivity index (χ4v) is 18.0. The Morgan fingerprint density at radius 3 is 0.896 bits per heavy atom. The van der Waals surface area contributed by atoms with Crippen LogP contribution in [0.15, 0.2) is 84.9 Å². The third-order valence-electron chi connectivity index (χ3n) is 16.1. The van der Waals surface area contributed by atoms with Gasteiger partial charge in [-0.25, -0.2) is 0 Å². The molecule has 2 N–H and O–H groups in total. The Hall–Kier alpha value is -5.08. The van der Waals surface area contributed by atoms with Crippen LogP contribution in [0.3, 0.4) is 0 Å². The molecule has 0 spiro atoms. The Morgan fingerprint density at radius 1 is 0.377 bits per heavy atom. The summed E-state index contributed by atoms with van der Waals surface area (Å²) in [4.78, 5) is 0. The van der Waals surface area contributed by atoms with E-state index in [1.807, 2.05) is 91.8 Å². The van der Waals surface area contributed by atoms with E-state index in [1.54, 1.807) is 0 Å². The van der Waals surface area contributed by atoms with Crippen LogP contribution in [0.1, 0.15) is 197 Å². The van der Waals surface area contributed by atoms with E-state index < -0.39 is 24.1 Å². The molecule has 0 bridgehead atoms. The number of hydrogen-bond donors (Lipinski definition) is 2. The van der Waals surface area contributed by atoms with Gasteiger partial charge in [0.1, 0.15) is 0 Å². The zero-order chi connectivity index (χ0) is 58.1. The van der Waals surface area contributed by atoms with Crippen LogP contribution in [-0.2, 0) is 32.5 Å². The number of aryl methyl sites for hydroxylation is 2. The molecular formula is C70H94F2GeO4. The number of phenols is 2. The molecule has 0 heterocycles. The molecule has 0 unspecified atom stereocenters. The van der Waals surface area contributed by atoms with Crippen molar-refractivity contribution in [3.05, 3.63) is 141 Å². The topological polar surface area (TPSA) is 58.9 Å². The second-order valence-corrected chi connectivity index (χ2v) is 40.5. The first-order chi connectivity index (χ1) is 35.0. The first kappa shape index (κ1) is 61.1. The van der Waals surface area contributed by atoms with Crippen LogP contribution in [0, 0.1) is 25.5 Å². The molecule has 0 saturated carbocycles. The summed E-state index contributed by atoms with van der Waals surface area (Å²) in [7, 11) is 0. The van der Waals surface area contributed by atoms with Gasteiger partial charge in [0, 0.05) is 0 Å². The predicted octanol–water partition coefficient (Wildman–Crippen LogP) is 20.3. The third kappa shape index (κ3) is 13.3. The summed E-state index contributed by atoms with van der Waals surface area (Å²) in [6, 6.07) is 28.0. The van der Waals surface area contributed by atoms with Crippen molar-refractivity contribution in [3.8, 4) is 67.5 Å². The number of halogens is 2. The third-order valence-corrected chi connectivity index (χ3v) is 28.6. The van der Waals surface area contributed by atoms with Crippen LogP contribution in [0.2, 0.25) is 9.50 Å². The number of hydrogen-bond acceptors (Lipinski definition) is 4. The second-order valence-electron chi connectivity index (χ2n) is 29.3. The Kier molecular flexibility index (Phi) is 17.1. The number of aromatic hydroxyl groups is 2. The van der Waals surface area contributed by atoms with E-state index in [0.717, 1.165) is 22.3 Å². The van der Waals surface area contributed by atoms with Gasteiger partial charge in [0.2, 0.25) is 0 Å². The molecule has 0 saturated heterocycles. The van der Waals surface area contributed by atoms with Crippen molar-refractivity contribution in [2.24, 2.45) is 0 Å². The van der Waals surface area contributed by atoms with E-state index in [2.05, 4.69) is 147 Å². The Labute approximate surface area is 466 Å². The maximum atomic E-state index is 16.7. The van der Waals surface area contributed by atoms with E-state index in [9.17, 15) is 10.2 Å². The average Bonchev–Trinajstić information content (AvgIpc) is 3.28. The minimum atomic E-state index is -3.51. The van der Waals surface area contributed by atoms with Crippen molar-refractivity contribution in [2.75, 3.05) is 10.9 Å². The molecule has 0 aliphatic rings. The molecule has 6 aromatic rings. The van der Waals surface area contributed by atoms with Crippen LogP contribution in [0.25, 0.3) is 44.5 Å². The van der Waals surface area contributed by atoms with Crippen LogP contribution in [0.5, 0.6) is 23.0 Å². The Morgan fingerprint density at radius 2 is 0.649 bits per heavy atom. The van der Waals surface area contributed by atoms with Crippen LogP contribution in [-0.4, -0.2) is 34.4 Å². The number of phenolic OH excluding ortho intramolecular Hbond substituents is 2. The average molecular weight is 1110 g/mol. The van der Waals surface area contributed by atoms with E-state index in [1.165, 1.54) is 34.4 Å². The summed E-state index contributed by atoms with van der Waals surface area (Å²) in [6.07, 6.45) is 0. The van der Waals surface area contributed by atoms with Gasteiger partial charge < -0.3 is 0 Å². The quantitative estimate of drug-likeness (QED) is 0.120. The van der Waals surface area contributed by atoms with Gasteiger partial charge in [-0.2, -0.15) is 0 Å². The molecular weight excluding hydrogens is 1020 g/mol. The predicted molar refractivity (Wildman–Crippen MR) is 326 cm³/mol. The normalized spacial score (nSPS) is 13.2. The summed E-state index contributed by atoms with van der Waals surface area (Å²) < 4.78 is 47.8. The van der Waals surface area contributed by atoms with Crippen LogP contribution in [0.4, 0.5) is 8.78 Å². The number of rotatable bonds is 12. The van der Waals surface area contributed by atoms with E-state index >= 15 is 8.78 Å². The van der Waals surface area contributed by atoms with Gasteiger partial charge in [0.05, 0.1) is 0 Å². The van der Waals surface area contributed by atoms with Crippen LogP contribution < -0.4 is 9.47 Å². The fourth-order valence-electron chi connectivity index (χ4n) is 10.4. The molecule has 416 valence electrons. The van der Waals surface area contributed by atoms with Crippen molar-refractivity contribution in [1.82, 2.24) is 0 Å². The molecule has 0 aliphatic heterocycles. The summed E-state index contributed by atoms with van der Waals surface area (Å²) in [5.74, 6) is 0.150. The first-order valence-corrected chi connectivity index (χ1v) is 33.4. The molecule has 6 rings (SSSR count). The Balaban J connectivity index is 1.51. The van der Waals surface area contributed by atoms with Gasteiger partial charge >= 0.3 is 469 Å². The number of benzene rings is 6. The standard InChI is InChI=1S/C70H94F2GeO4/c1-41(2)73(42(3)4,39-76-61-37-59(71)57(69(19,20)21)35-53(61)55-27-43(5)25-51(63(55)74)45-29-47(65(7,8)9)33-48(30-45)66(10,11)12)40-77-62-38-60(72)58(70(22,23)24)36-54(62)56-28-44(6)26-52(64(56)75)46-31-49(67(13,14)15)34-50(32-46)68(16,17)18/h25-38,41-42,74-75H,39-40H2,1-24H3. The molecule has 0 fully saturated rings. The first-order valence-electron chi connectivity index (χ1n) is 28.0. The van der Waals surface area contributed by atoms with Gasteiger partial charge in [-0.05, 0) is 0 Å². The zero-order valence-corrected chi connectivity index (χ0v) is 53.7. The molecule has 0 radical (unpaired) electrons. The van der Waals surface area contributed by atoms with Crippen molar-refractivity contribution in [1.29, 1.82) is 0 Å². The monoisotopic (exact) mass is 1110 g/mol. The van der Waals surface area contributed by atoms with Gasteiger partial charge in [0.15, 0.2) is 0 Å². The fraction of sp³-hybridized carbons (Fsp3) is 0.486. The molecule has 0 amide bonds. The molecule has 0 aliphatic carbocycles. The van der Waals surface area contributed by atoms with E-state index in [4.69, 9.17) is 9.47 Å². The van der Waals surface area contributed by atoms with Crippen molar-refractivity contribution in [2.45, 2.75) is 208 Å². The summed E-state index contributed by atoms with van der Waals surface area (Å²) in [5.41, 5.74) is 12.2. The SMILES string of the molecule is Cc1cc(-c2cc(C(C)(C)C)cc(C(C)(C)C)c2)c(O)c(-c2cc(C(C)(C)C)c(F)cc2O[CH2][Ge]([CH2]Oc2cc(F)c(C(C)(C)C)cc2-c2cc(C)cc(-c3cc(C(C)(C)C)cc(C(C)(C)C)c3)c2O)([CH](C)C)[CH](C)C)c1. The summed E-state index contributed by atoms with van der Waals surface area (Å²) in [6.45, 7) is 51.4. The molecule has 0 atom stereocenters. The molecule has 0 aromatic heterocycles. The van der Waals surface area contributed by atoms with Gasteiger partial charge in [-0.15, -0.1) is 0 Å². The van der Waals surface area contributed by atoms with E-state index in [-0.39, 0.29) is 54.3 Å². The van der Waals surface area contributed by atoms with Crippen molar-refractivity contribution in [3.63, 3.8) is 0 Å². The summed E-state index contributed by atoms with van der Waals surface area (Å²) in [5, 5.41) is 25.2. The van der Waals surface area contributed by atoms with Gasteiger partial charge in [0.25, 0.3) is 0 Å². The van der Waals surface area contributed by atoms with E-state index in [0.29, 0.717) is 66.9 Å². The van der Waals surface area contributed by atoms with Gasteiger partial charge in [-0.1, -0.05) is 0 Å². The summed E-state index contributed by atoms with van der Waals surface area (Å²) >= 11 is -3.51. The Bertz CT molecular complexity index is 2870. The molecule has 4 nitrogen and oxygen atoms in total. The minimum absolute atomic E-state index is 0.106. The maximum absolute atomic E-state index is 16.7. The van der Waals surface area contributed by atoms with Crippen molar-refractivity contribution >= 4 is 13.3 Å². The molecule has 6 aromatic carbocycles. The molecule has 77 heavy (non-hydrogen) atoms. The second kappa shape index (κ2) is 21.5. The van der Waals surface area contributed by atoms with Crippen molar-refractivity contribution < 1.29 is 28.5 Å². The van der Waals surface area contributed by atoms with Crippen LogP contribution >= 0.6 is 0 Å². The number of ether oxygens (including phenoxy) is 2. The van der Waals surface area contributed by atoms with Gasteiger partial charge in [-0.3, -0.25) is 0 Å². The molecule has 7 heteroatoms. The zero-order valence-electron chi connectivity index (χ0n) is 51.6.